The van der Waals surface area contributed by atoms with Crippen LogP contribution in [-0.4, -0.2) is 13.6 Å². The Hall–Kier alpha value is -0.530. The van der Waals surface area contributed by atoms with Crippen molar-refractivity contribution in [2.75, 3.05) is 13.6 Å². The van der Waals surface area contributed by atoms with Gasteiger partial charge >= 0.3 is 0 Å². The molecule has 0 aliphatic heterocycles. The first-order valence-corrected chi connectivity index (χ1v) is 8.34. The van der Waals surface area contributed by atoms with Crippen LogP contribution in [0.1, 0.15) is 55.2 Å². The lowest BCUT2D eigenvalue weighted by Crippen LogP contribution is -2.23. The molecule has 0 amide bonds. The summed E-state index contributed by atoms with van der Waals surface area (Å²) in [6.45, 7) is 5.46. The van der Waals surface area contributed by atoms with E-state index in [1.165, 1.54) is 55.2 Å². The highest BCUT2D eigenvalue weighted by Crippen LogP contribution is 2.44. The fraction of sp³-hybridized carbons (Fsp3) is 0.667. The molecule has 2 heteroatoms. The molecule has 1 aromatic rings. The topological polar surface area (TPSA) is 12.0 Å². The first-order chi connectivity index (χ1) is 9.56. The Labute approximate surface area is 129 Å². The van der Waals surface area contributed by atoms with E-state index in [1.807, 2.05) is 0 Å². The molecule has 0 bridgehead atoms. The van der Waals surface area contributed by atoms with E-state index in [0.717, 1.165) is 18.0 Å². The number of nitrogens with one attached hydrogen (secondary N) is 1. The first-order valence-electron chi connectivity index (χ1n) is 7.97. The van der Waals surface area contributed by atoms with Gasteiger partial charge in [-0.05, 0) is 87.7 Å². The highest BCUT2D eigenvalue weighted by atomic mass is 35.5. The lowest BCUT2D eigenvalue weighted by Gasteiger charge is -2.29. The van der Waals surface area contributed by atoms with Gasteiger partial charge in [-0.2, -0.15) is 0 Å². The van der Waals surface area contributed by atoms with Gasteiger partial charge in [0.1, 0.15) is 0 Å². The van der Waals surface area contributed by atoms with Crippen molar-refractivity contribution in [1.82, 2.24) is 5.32 Å². The van der Waals surface area contributed by atoms with E-state index >= 15 is 0 Å². The van der Waals surface area contributed by atoms with Crippen LogP contribution in [0.25, 0.3) is 0 Å². The molecule has 0 aromatic heterocycles. The molecule has 2 rings (SSSR count). The molecule has 20 heavy (non-hydrogen) atoms. The number of rotatable bonds is 6. The van der Waals surface area contributed by atoms with Gasteiger partial charge in [0.25, 0.3) is 0 Å². The second kappa shape index (κ2) is 6.95. The number of benzene rings is 1. The summed E-state index contributed by atoms with van der Waals surface area (Å²) in [7, 11) is 2.06. The summed E-state index contributed by atoms with van der Waals surface area (Å²) < 4.78 is 0. The van der Waals surface area contributed by atoms with Crippen LogP contribution in [0, 0.1) is 19.3 Å². The normalized spacial score (nSPS) is 17.6. The Bertz CT molecular complexity index is 447. The third kappa shape index (κ3) is 3.77. The summed E-state index contributed by atoms with van der Waals surface area (Å²) in [6.07, 6.45) is 9.34. The molecule has 1 nitrogen and oxygen atoms in total. The molecule has 0 spiro atoms. The average molecular weight is 294 g/mol. The Kier molecular flexibility index (Phi) is 5.51. The monoisotopic (exact) mass is 293 g/mol. The highest BCUT2D eigenvalue weighted by molar-refractivity contribution is 6.31. The molecule has 0 unspecified atom stereocenters. The zero-order chi connectivity index (χ0) is 14.6. The minimum Gasteiger partial charge on any atom is -0.320 e. The van der Waals surface area contributed by atoms with Gasteiger partial charge in [0.2, 0.25) is 0 Å². The summed E-state index contributed by atoms with van der Waals surface area (Å²) in [5.74, 6) is 0. The minimum atomic E-state index is 0.561. The van der Waals surface area contributed by atoms with Crippen molar-refractivity contribution in [3.05, 3.63) is 33.8 Å². The molecule has 1 aromatic carbocycles. The summed E-state index contributed by atoms with van der Waals surface area (Å²) in [5.41, 5.74) is 4.56. The average Bonchev–Trinajstić information content (AvgIpc) is 2.88. The summed E-state index contributed by atoms with van der Waals surface area (Å²) >= 11 is 6.42. The second-order valence-corrected chi connectivity index (χ2v) is 7.00. The highest BCUT2D eigenvalue weighted by Gasteiger charge is 2.32. The van der Waals surface area contributed by atoms with Gasteiger partial charge in [-0.3, -0.25) is 0 Å². The van der Waals surface area contributed by atoms with E-state index in [0.29, 0.717) is 5.41 Å². The number of hydrogen-bond acceptors (Lipinski definition) is 1. The van der Waals surface area contributed by atoms with Crippen LogP contribution < -0.4 is 5.32 Å². The Morgan fingerprint density at radius 2 is 1.75 bits per heavy atom. The summed E-state index contributed by atoms with van der Waals surface area (Å²) in [4.78, 5) is 0. The van der Waals surface area contributed by atoms with Gasteiger partial charge in [0.15, 0.2) is 0 Å². The molecule has 1 aliphatic carbocycles. The van der Waals surface area contributed by atoms with Crippen molar-refractivity contribution in [2.45, 2.75) is 58.8 Å². The Balaban J connectivity index is 2.04. The zero-order valence-electron chi connectivity index (χ0n) is 13.2. The van der Waals surface area contributed by atoms with Gasteiger partial charge in [0.05, 0.1) is 0 Å². The fourth-order valence-corrected chi connectivity index (χ4v) is 3.89. The fourth-order valence-electron chi connectivity index (χ4n) is 3.57. The third-order valence-electron chi connectivity index (χ3n) is 5.16. The first kappa shape index (κ1) is 15.9. The number of halogens is 1. The number of hydrogen-bond donors (Lipinski definition) is 1. The molecule has 0 radical (unpaired) electrons. The smallest absolute Gasteiger partial charge is 0.0440 e. The van der Waals surface area contributed by atoms with Gasteiger partial charge in [-0.25, -0.2) is 0 Å². The summed E-state index contributed by atoms with van der Waals surface area (Å²) in [5, 5.41) is 4.27. The number of aryl methyl sites for hydroxylation is 3. The largest absolute Gasteiger partial charge is 0.320 e. The maximum atomic E-state index is 6.42. The zero-order valence-corrected chi connectivity index (χ0v) is 13.9. The van der Waals surface area contributed by atoms with Crippen LogP contribution in [0.3, 0.4) is 0 Å². The Morgan fingerprint density at radius 1 is 1.10 bits per heavy atom. The van der Waals surface area contributed by atoms with Crippen molar-refractivity contribution in [3.63, 3.8) is 0 Å². The predicted molar refractivity (Wildman–Crippen MR) is 88.7 cm³/mol. The van der Waals surface area contributed by atoms with Gasteiger partial charge in [-0.1, -0.05) is 30.5 Å². The van der Waals surface area contributed by atoms with Gasteiger partial charge in [-0.15, -0.1) is 0 Å². The van der Waals surface area contributed by atoms with E-state index < -0.39 is 0 Å². The molecule has 1 aliphatic rings. The molecule has 0 heterocycles. The van der Waals surface area contributed by atoms with Crippen LogP contribution in [0.5, 0.6) is 0 Å². The van der Waals surface area contributed by atoms with E-state index in [4.69, 9.17) is 11.6 Å². The summed E-state index contributed by atoms with van der Waals surface area (Å²) in [6, 6.07) is 4.42. The molecule has 0 atom stereocenters. The van der Waals surface area contributed by atoms with Gasteiger partial charge in [0, 0.05) is 5.02 Å². The van der Waals surface area contributed by atoms with E-state index in [9.17, 15) is 0 Å². The molecule has 112 valence electrons. The minimum absolute atomic E-state index is 0.561. The Morgan fingerprint density at radius 3 is 2.40 bits per heavy atom. The van der Waals surface area contributed by atoms with E-state index in [-0.39, 0.29) is 0 Å². The quantitative estimate of drug-likeness (QED) is 0.773. The van der Waals surface area contributed by atoms with Crippen LogP contribution in [0.2, 0.25) is 5.02 Å². The maximum absolute atomic E-state index is 6.42. The lowest BCUT2D eigenvalue weighted by atomic mass is 9.77. The van der Waals surface area contributed by atoms with Crippen molar-refractivity contribution < 1.29 is 0 Å². The van der Waals surface area contributed by atoms with Crippen molar-refractivity contribution in [2.24, 2.45) is 5.41 Å². The van der Waals surface area contributed by atoms with Crippen LogP contribution in [-0.2, 0) is 6.42 Å². The molecule has 1 saturated carbocycles. The van der Waals surface area contributed by atoms with E-state index in [1.54, 1.807) is 0 Å². The molecular formula is C18H28ClN. The molecular weight excluding hydrogens is 266 g/mol. The van der Waals surface area contributed by atoms with Crippen LogP contribution in [0.4, 0.5) is 0 Å². The van der Waals surface area contributed by atoms with Crippen molar-refractivity contribution in [1.29, 1.82) is 0 Å². The second-order valence-electron chi connectivity index (χ2n) is 6.59. The standard InChI is InChI=1S/C18H28ClN/c1-14-12-16(17(19)13-15(14)2)6-9-18(10-11-20-3)7-4-5-8-18/h12-13,20H,4-11H2,1-3H3. The lowest BCUT2D eigenvalue weighted by molar-refractivity contribution is 0.247. The van der Waals surface area contributed by atoms with Gasteiger partial charge < -0.3 is 5.32 Å². The predicted octanol–water partition coefficient (Wildman–Crippen LogP) is 5.06. The molecule has 0 saturated heterocycles. The maximum Gasteiger partial charge on any atom is 0.0440 e. The third-order valence-corrected chi connectivity index (χ3v) is 5.51. The van der Waals surface area contributed by atoms with Crippen molar-refractivity contribution in [3.8, 4) is 0 Å². The van der Waals surface area contributed by atoms with Crippen LogP contribution in [0.15, 0.2) is 12.1 Å². The SMILES string of the molecule is CNCCC1(CCc2cc(C)c(C)cc2Cl)CCCC1. The molecule has 1 N–H and O–H groups in total. The van der Waals surface area contributed by atoms with Crippen LogP contribution >= 0.6 is 11.6 Å². The van der Waals surface area contributed by atoms with Crippen molar-refractivity contribution >= 4 is 11.6 Å². The molecule has 1 fully saturated rings. The van der Waals surface area contributed by atoms with E-state index in [2.05, 4.69) is 38.3 Å².